The van der Waals surface area contributed by atoms with Crippen molar-refractivity contribution in [1.29, 1.82) is 0 Å². The lowest BCUT2D eigenvalue weighted by atomic mass is 10.1. The lowest BCUT2D eigenvalue weighted by Gasteiger charge is -2.12. The van der Waals surface area contributed by atoms with Gasteiger partial charge in [-0.1, -0.05) is 42.5 Å². The van der Waals surface area contributed by atoms with Gasteiger partial charge in [-0.25, -0.2) is 4.39 Å². The number of carbonyl (C=O) groups excluding carboxylic acids is 1. The highest BCUT2D eigenvalue weighted by Gasteiger charge is 2.15. The van der Waals surface area contributed by atoms with E-state index < -0.39 is 17.8 Å². The molecular weight excluding hydrogens is 279 g/mol. The molecule has 2 rings (SSSR count). The second-order valence-corrected chi connectivity index (χ2v) is 4.27. The second-order valence-electron chi connectivity index (χ2n) is 4.27. The molecule has 1 amide bonds. The van der Waals surface area contributed by atoms with Gasteiger partial charge in [0.25, 0.3) is 0 Å². The Hall–Kier alpha value is -1.91. The molecule has 0 aromatic heterocycles. The monoisotopic (exact) mass is 294 g/mol. The quantitative estimate of drug-likeness (QED) is 0.911. The molecular formula is C15H16ClFN2O. The number of hydrogen-bond acceptors (Lipinski definition) is 2. The van der Waals surface area contributed by atoms with Crippen molar-refractivity contribution in [3.05, 3.63) is 66.0 Å². The van der Waals surface area contributed by atoms with Crippen molar-refractivity contribution in [2.45, 2.75) is 12.5 Å². The molecule has 0 bridgehead atoms. The molecule has 0 fully saturated rings. The van der Waals surface area contributed by atoms with Gasteiger partial charge < -0.3 is 11.1 Å². The van der Waals surface area contributed by atoms with Crippen molar-refractivity contribution in [3.63, 3.8) is 0 Å². The predicted octanol–water partition coefficient (Wildman–Crippen LogP) is 2.76. The maximum absolute atomic E-state index is 13.4. The normalized spacial score (nSPS) is 11.3. The molecule has 20 heavy (non-hydrogen) atoms. The fourth-order valence-corrected chi connectivity index (χ4v) is 1.75. The van der Waals surface area contributed by atoms with Crippen LogP contribution in [0.4, 0.5) is 10.1 Å². The molecule has 0 spiro atoms. The summed E-state index contributed by atoms with van der Waals surface area (Å²) in [5.41, 5.74) is 6.93. The van der Waals surface area contributed by atoms with Crippen LogP contribution in [0.5, 0.6) is 0 Å². The maximum Gasteiger partial charge on any atom is 0.241 e. The molecule has 0 aliphatic carbocycles. The van der Waals surface area contributed by atoms with E-state index in [1.807, 2.05) is 30.3 Å². The molecule has 3 N–H and O–H groups in total. The lowest BCUT2D eigenvalue weighted by Crippen LogP contribution is -2.37. The highest BCUT2D eigenvalue weighted by molar-refractivity contribution is 5.94. The third-order valence-corrected chi connectivity index (χ3v) is 2.77. The average Bonchev–Trinajstić information content (AvgIpc) is 2.42. The highest BCUT2D eigenvalue weighted by Crippen LogP contribution is 2.13. The molecule has 1 atom stereocenters. The van der Waals surface area contributed by atoms with Gasteiger partial charge >= 0.3 is 0 Å². The van der Waals surface area contributed by atoms with Crippen LogP contribution in [0.25, 0.3) is 0 Å². The van der Waals surface area contributed by atoms with Crippen molar-refractivity contribution < 1.29 is 9.18 Å². The molecule has 0 heterocycles. The number of rotatable bonds is 4. The average molecular weight is 295 g/mol. The number of nitrogens with two attached hydrogens (primary N) is 1. The zero-order chi connectivity index (χ0) is 13.7. The van der Waals surface area contributed by atoms with E-state index in [0.717, 1.165) is 5.56 Å². The van der Waals surface area contributed by atoms with Gasteiger partial charge in [-0.15, -0.1) is 12.4 Å². The lowest BCUT2D eigenvalue weighted by molar-refractivity contribution is -0.117. The van der Waals surface area contributed by atoms with E-state index in [9.17, 15) is 9.18 Å². The minimum Gasteiger partial charge on any atom is -0.322 e. The van der Waals surface area contributed by atoms with E-state index in [1.165, 1.54) is 12.1 Å². The Kier molecular flexibility index (Phi) is 6.15. The number of para-hydroxylation sites is 1. The van der Waals surface area contributed by atoms with Crippen LogP contribution in [0.15, 0.2) is 54.6 Å². The summed E-state index contributed by atoms with van der Waals surface area (Å²) in [6.07, 6.45) is 0.418. The molecule has 5 heteroatoms. The Labute approximate surface area is 123 Å². The third-order valence-electron chi connectivity index (χ3n) is 2.77. The summed E-state index contributed by atoms with van der Waals surface area (Å²) in [5, 5.41) is 2.49. The largest absolute Gasteiger partial charge is 0.322 e. The van der Waals surface area contributed by atoms with Gasteiger partial charge in [-0.3, -0.25) is 4.79 Å². The summed E-state index contributed by atoms with van der Waals surface area (Å²) in [6.45, 7) is 0. The Balaban J connectivity index is 0.00000200. The first kappa shape index (κ1) is 16.1. The van der Waals surface area contributed by atoms with Crippen molar-refractivity contribution in [2.24, 2.45) is 5.73 Å². The number of carbonyl (C=O) groups is 1. The Morgan fingerprint density at radius 2 is 1.70 bits per heavy atom. The summed E-state index contributed by atoms with van der Waals surface area (Å²) in [6, 6.07) is 14.8. The summed E-state index contributed by atoms with van der Waals surface area (Å²) >= 11 is 0. The van der Waals surface area contributed by atoms with Crippen LogP contribution >= 0.6 is 12.4 Å². The first-order valence-electron chi connectivity index (χ1n) is 6.01. The van der Waals surface area contributed by atoms with Gasteiger partial charge in [-0.05, 0) is 24.1 Å². The summed E-state index contributed by atoms with van der Waals surface area (Å²) in [5.74, 6) is -0.864. The maximum atomic E-state index is 13.4. The van der Waals surface area contributed by atoms with Crippen LogP contribution in [0.1, 0.15) is 5.56 Å². The van der Waals surface area contributed by atoms with Gasteiger partial charge in [-0.2, -0.15) is 0 Å². The van der Waals surface area contributed by atoms with Gasteiger partial charge in [0.15, 0.2) is 0 Å². The molecule has 0 aliphatic heterocycles. The Bertz CT molecular complexity index is 563. The number of halogens is 2. The molecule has 0 unspecified atom stereocenters. The first-order chi connectivity index (χ1) is 9.16. The Morgan fingerprint density at radius 3 is 2.35 bits per heavy atom. The van der Waals surface area contributed by atoms with E-state index in [4.69, 9.17) is 5.73 Å². The zero-order valence-corrected chi connectivity index (χ0v) is 11.6. The van der Waals surface area contributed by atoms with Crippen LogP contribution in [0.2, 0.25) is 0 Å². The van der Waals surface area contributed by atoms with Gasteiger partial charge in [0.2, 0.25) is 5.91 Å². The van der Waals surface area contributed by atoms with E-state index in [2.05, 4.69) is 5.32 Å². The van der Waals surface area contributed by atoms with E-state index in [1.54, 1.807) is 12.1 Å². The second kappa shape index (κ2) is 7.62. The van der Waals surface area contributed by atoms with Crippen LogP contribution in [0, 0.1) is 5.82 Å². The van der Waals surface area contributed by atoms with Crippen molar-refractivity contribution in [2.75, 3.05) is 5.32 Å². The zero-order valence-electron chi connectivity index (χ0n) is 10.8. The summed E-state index contributed by atoms with van der Waals surface area (Å²) in [4.78, 5) is 11.9. The van der Waals surface area contributed by atoms with Crippen molar-refractivity contribution in [1.82, 2.24) is 0 Å². The molecule has 0 saturated heterocycles. The number of amides is 1. The summed E-state index contributed by atoms with van der Waals surface area (Å²) in [7, 11) is 0. The van der Waals surface area contributed by atoms with Crippen LogP contribution in [-0.4, -0.2) is 11.9 Å². The van der Waals surface area contributed by atoms with Crippen molar-refractivity contribution in [3.8, 4) is 0 Å². The molecule has 0 aliphatic rings. The first-order valence-corrected chi connectivity index (χ1v) is 6.01. The van der Waals surface area contributed by atoms with Crippen LogP contribution in [-0.2, 0) is 11.2 Å². The Morgan fingerprint density at radius 1 is 1.10 bits per heavy atom. The standard InChI is InChI=1S/C15H15FN2O.ClH/c16-12-8-4-5-9-14(12)18-15(19)13(17)10-11-6-2-1-3-7-11;/h1-9,13H,10,17H2,(H,18,19);1H/t13-;/m0./s1. The minimum atomic E-state index is -0.706. The highest BCUT2D eigenvalue weighted by atomic mass is 35.5. The summed E-state index contributed by atoms with van der Waals surface area (Å²) < 4.78 is 13.4. The predicted molar refractivity (Wildman–Crippen MR) is 80.4 cm³/mol. The van der Waals surface area contributed by atoms with E-state index >= 15 is 0 Å². The number of benzene rings is 2. The van der Waals surface area contributed by atoms with Gasteiger partial charge in [0, 0.05) is 0 Å². The third kappa shape index (κ3) is 4.33. The number of anilines is 1. The fraction of sp³-hybridized carbons (Fsp3) is 0.133. The fourth-order valence-electron chi connectivity index (χ4n) is 1.75. The van der Waals surface area contributed by atoms with E-state index in [-0.39, 0.29) is 18.1 Å². The van der Waals surface area contributed by atoms with Crippen LogP contribution in [0.3, 0.4) is 0 Å². The van der Waals surface area contributed by atoms with Gasteiger partial charge in [0.1, 0.15) is 5.82 Å². The molecule has 2 aromatic carbocycles. The number of nitrogens with one attached hydrogen (secondary N) is 1. The van der Waals surface area contributed by atoms with Gasteiger partial charge in [0.05, 0.1) is 11.7 Å². The topological polar surface area (TPSA) is 55.1 Å². The molecule has 2 aromatic rings. The minimum absolute atomic E-state index is 0. The SMILES string of the molecule is Cl.N[C@@H](Cc1ccccc1)C(=O)Nc1ccccc1F. The molecule has 106 valence electrons. The van der Waals surface area contributed by atoms with Crippen LogP contribution < -0.4 is 11.1 Å². The number of hydrogen-bond donors (Lipinski definition) is 2. The molecule has 0 saturated carbocycles. The molecule has 3 nitrogen and oxygen atoms in total. The van der Waals surface area contributed by atoms with E-state index in [0.29, 0.717) is 6.42 Å². The smallest absolute Gasteiger partial charge is 0.241 e. The van der Waals surface area contributed by atoms with Crippen molar-refractivity contribution >= 4 is 24.0 Å². The molecule has 0 radical (unpaired) electrons.